The summed E-state index contributed by atoms with van der Waals surface area (Å²) in [6.07, 6.45) is 2.98. The molecule has 0 spiro atoms. The second-order valence-electron chi connectivity index (χ2n) is 2.26. The number of nitrogens with zero attached hydrogens (tertiary/aromatic N) is 1. The maximum absolute atomic E-state index is 10.8. The number of amides is 1. The number of carbonyl (C=O) groups is 1. The molecule has 1 amide bonds. The van der Waals surface area contributed by atoms with Crippen LogP contribution in [-0.2, 0) is 4.79 Å². The van der Waals surface area contributed by atoms with Gasteiger partial charge in [-0.25, -0.2) is 5.01 Å². The lowest BCUT2D eigenvalue weighted by Gasteiger charge is -2.10. The Kier molecular flexibility index (Phi) is 4.58. The van der Waals surface area contributed by atoms with Gasteiger partial charge in [-0.15, -0.1) is 6.58 Å². The minimum atomic E-state index is 0.0323. The summed E-state index contributed by atoms with van der Waals surface area (Å²) in [6, 6.07) is 0. The van der Waals surface area contributed by atoms with E-state index in [1.54, 1.807) is 25.2 Å². The van der Waals surface area contributed by atoms with Gasteiger partial charge in [0.25, 0.3) is 0 Å². The van der Waals surface area contributed by atoms with Gasteiger partial charge in [0.2, 0.25) is 5.91 Å². The molecule has 0 radical (unpaired) electrons. The molecule has 0 aliphatic heterocycles. The molecule has 0 heterocycles. The Bertz CT molecular complexity index is 121. The van der Waals surface area contributed by atoms with Crippen molar-refractivity contribution in [1.82, 2.24) is 10.4 Å². The predicted molar refractivity (Wildman–Crippen MR) is 41.3 cm³/mol. The summed E-state index contributed by atoms with van der Waals surface area (Å²) in [5.41, 5.74) is 2.62. The van der Waals surface area contributed by atoms with E-state index in [-0.39, 0.29) is 5.91 Å². The first-order valence-corrected chi connectivity index (χ1v) is 3.24. The van der Waals surface area contributed by atoms with E-state index in [0.717, 1.165) is 6.42 Å². The van der Waals surface area contributed by atoms with Crippen LogP contribution in [-0.4, -0.2) is 25.0 Å². The van der Waals surface area contributed by atoms with E-state index in [9.17, 15) is 4.79 Å². The van der Waals surface area contributed by atoms with Crippen LogP contribution in [0.15, 0.2) is 12.7 Å². The summed E-state index contributed by atoms with van der Waals surface area (Å²) in [5.74, 6) is 0.0323. The highest BCUT2D eigenvalue weighted by molar-refractivity contribution is 5.75. The quantitative estimate of drug-likeness (QED) is 0.459. The van der Waals surface area contributed by atoms with Crippen LogP contribution < -0.4 is 5.43 Å². The number of carbonyl (C=O) groups excluding carboxylic acids is 1. The summed E-state index contributed by atoms with van der Waals surface area (Å²) in [6.45, 7) is 3.52. The van der Waals surface area contributed by atoms with E-state index in [1.807, 2.05) is 0 Å². The molecule has 0 aromatic rings. The number of hydrazine groups is 1. The van der Waals surface area contributed by atoms with Crippen LogP contribution in [0, 0.1) is 0 Å². The molecule has 0 aliphatic carbocycles. The molecule has 0 saturated carbocycles. The van der Waals surface area contributed by atoms with Crippen LogP contribution >= 0.6 is 0 Å². The number of hydrogen-bond acceptors (Lipinski definition) is 2. The van der Waals surface area contributed by atoms with Crippen LogP contribution in [0.2, 0.25) is 0 Å². The average Bonchev–Trinajstić information content (AvgIpc) is 1.82. The van der Waals surface area contributed by atoms with Crippen molar-refractivity contribution in [2.45, 2.75) is 12.8 Å². The third kappa shape index (κ3) is 5.31. The van der Waals surface area contributed by atoms with Crippen molar-refractivity contribution < 1.29 is 4.79 Å². The summed E-state index contributed by atoms with van der Waals surface area (Å²) >= 11 is 0. The molecular formula is C7H14N2O. The van der Waals surface area contributed by atoms with Crippen LogP contribution in [0.3, 0.4) is 0 Å². The van der Waals surface area contributed by atoms with Crippen molar-refractivity contribution in [3.05, 3.63) is 12.7 Å². The van der Waals surface area contributed by atoms with Crippen LogP contribution in [0.4, 0.5) is 0 Å². The summed E-state index contributed by atoms with van der Waals surface area (Å²) < 4.78 is 0. The molecule has 0 aliphatic rings. The van der Waals surface area contributed by atoms with Crippen LogP contribution in [0.5, 0.6) is 0 Å². The smallest absolute Gasteiger partial charge is 0.234 e. The van der Waals surface area contributed by atoms with Crippen molar-refractivity contribution in [3.63, 3.8) is 0 Å². The van der Waals surface area contributed by atoms with Gasteiger partial charge in [-0.2, -0.15) is 0 Å². The molecule has 10 heavy (non-hydrogen) atoms. The topological polar surface area (TPSA) is 32.3 Å². The molecule has 0 rings (SSSR count). The minimum absolute atomic E-state index is 0.0323. The monoisotopic (exact) mass is 142 g/mol. The minimum Gasteiger partial charge on any atom is -0.289 e. The third-order valence-electron chi connectivity index (χ3n) is 0.924. The number of rotatable bonds is 4. The SMILES string of the molecule is C=CCCC(=O)NN(C)C. The molecule has 0 bridgehead atoms. The Balaban J connectivity index is 3.34. The van der Waals surface area contributed by atoms with Gasteiger partial charge in [0.05, 0.1) is 0 Å². The number of allylic oxidation sites excluding steroid dienone is 1. The Hall–Kier alpha value is -0.830. The highest BCUT2D eigenvalue weighted by Crippen LogP contribution is 1.87. The van der Waals surface area contributed by atoms with E-state index in [1.165, 1.54) is 0 Å². The molecule has 0 fully saturated rings. The Morgan fingerprint density at radius 3 is 2.70 bits per heavy atom. The van der Waals surface area contributed by atoms with Gasteiger partial charge in [-0.3, -0.25) is 10.2 Å². The zero-order valence-corrected chi connectivity index (χ0v) is 6.55. The fourth-order valence-corrected chi connectivity index (χ4v) is 0.538. The highest BCUT2D eigenvalue weighted by Gasteiger charge is 1.97. The fourth-order valence-electron chi connectivity index (χ4n) is 0.538. The largest absolute Gasteiger partial charge is 0.289 e. The van der Waals surface area contributed by atoms with Gasteiger partial charge in [-0.1, -0.05) is 6.08 Å². The molecule has 3 heteroatoms. The Morgan fingerprint density at radius 2 is 2.30 bits per heavy atom. The first kappa shape index (κ1) is 9.17. The summed E-state index contributed by atoms with van der Waals surface area (Å²) in [5, 5.41) is 1.63. The van der Waals surface area contributed by atoms with E-state index in [0.29, 0.717) is 6.42 Å². The normalized spacial score (nSPS) is 9.50. The third-order valence-corrected chi connectivity index (χ3v) is 0.924. The zero-order valence-electron chi connectivity index (χ0n) is 6.55. The van der Waals surface area contributed by atoms with Gasteiger partial charge in [-0.05, 0) is 6.42 Å². The standard InChI is InChI=1S/C7H14N2O/c1-4-5-6-7(10)8-9(2)3/h4H,1,5-6H2,2-3H3,(H,8,10). The van der Waals surface area contributed by atoms with Crippen molar-refractivity contribution in [1.29, 1.82) is 0 Å². The Morgan fingerprint density at radius 1 is 1.70 bits per heavy atom. The molecule has 58 valence electrons. The van der Waals surface area contributed by atoms with Crippen molar-refractivity contribution in [2.24, 2.45) is 0 Å². The molecule has 0 unspecified atom stereocenters. The fraction of sp³-hybridized carbons (Fsp3) is 0.571. The van der Waals surface area contributed by atoms with Crippen molar-refractivity contribution in [3.8, 4) is 0 Å². The van der Waals surface area contributed by atoms with E-state index >= 15 is 0 Å². The van der Waals surface area contributed by atoms with Gasteiger partial charge < -0.3 is 0 Å². The van der Waals surface area contributed by atoms with Crippen molar-refractivity contribution in [2.75, 3.05) is 14.1 Å². The first-order chi connectivity index (χ1) is 4.66. The van der Waals surface area contributed by atoms with E-state index in [2.05, 4.69) is 12.0 Å². The van der Waals surface area contributed by atoms with Crippen molar-refractivity contribution >= 4 is 5.91 Å². The molecule has 0 aromatic carbocycles. The molecular weight excluding hydrogens is 128 g/mol. The van der Waals surface area contributed by atoms with Gasteiger partial charge >= 0.3 is 0 Å². The lowest BCUT2D eigenvalue weighted by molar-refractivity contribution is -0.124. The number of nitrogens with one attached hydrogen (secondary N) is 1. The van der Waals surface area contributed by atoms with E-state index < -0.39 is 0 Å². The molecule has 1 N–H and O–H groups in total. The Labute approximate surface area is 61.7 Å². The van der Waals surface area contributed by atoms with Gasteiger partial charge in [0.15, 0.2) is 0 Å². The molecule has 3 nitrogen and oxygen atoms in total. The number of hydrogen-bond donors (Lipinski definition) is 1. The van der Waals surface area contributed by atoms with Gasteiger partial charge in [0.1, 0.15) is 0 Å². The van der Waals surface area contributed by atoms with E-state index in [4.69, 9.17) is 0 Å². The molecule has 0 aromatic heterocycles. The lowest BCUT2D eigenvalue weighted by atomic mass is 10.3. The second kappa shape index (κ2) is 4.99. The van der Waals surface area contributed by atoms with Gasteiger partial charge in [0, 0.05) is 20.5 Å². The average molecular weight is 142 g/mol. The second-order valence-corrected chi connectivity index (χ2v) is 2.26. The lowest BCUT2D eigenvalue weighted by Crippen LogP contribution is -2.35. The van der Waals surface area contributed by atoms with Crippen LogP contribution in [0.1, 0.15) is 12.8 Å². The molecule has 0 saturated heterocycles. The first-order valence-electron chi connectivity index (χ1n) is 3.24. The predicted octanol–water partition coefficient (Wildman–Crippen LogP) is 0.545. The maximum atomic E-state index is 10.8. The summed E-state index contributed by atoms with van der Waals surface area (Å²) in [7, 11) is 3.57. The maximum Gasteiger partial charge on any atom is 0.234 e. The molecule has 0 atom stereocenters. The van der Waals surface area contributed by atoms with Crippen LogP contribution in [0.25, 0.3) is 0 Å². The summed E-state index contributed by atoms with van der Waals surface area (Å²) in [4.78, 5) is 10.8. The highest BCUT2D eigenvalue weighted by atomic mass is 16.2. The zero-order chi connectivity index (χ0) is 7.98.